The van der Waals surface area contributed by atoms with Crippen molar-refractivity contribution >= 4 is 34.7 Å². The lowest BCUT2D eigenvalue weighted by Crippen LogP contribution is -2.46. The Morgan fingerprint density at radius 3 is 2.10 bits per heavy atom. The van der Waals surface area contributed by atoms with Gasteiger partial charge in [-0.05, 0) is 85.4 Å². The number of benzene rings is 3. The zero-order valence-corrected chi connectivity index (χ0v) is 24.2. The number of carbonyl (C=O) groups is 2. The van der Waals surface area contributed by atoms with Crippen LogP contribution in [0.25, 0.3) is 11.3 Å². The van der Waals surface area contributed by atoms with Gasteiger partial charge in [0.15, 0.2) is 0 Å². The van der Waals surface area contributed by atoms with Gasteiger partial charge in [-0.1, -0.05) is 42.7 Å². The van der Waals surface area contributed by atoms with Gasteiger partial charge >= 0.3 is 0 Å². The molecule has 3 aromatic carbocycles. The largest absolute Gasteiger partial charge is 0.497 e. The third-order valence-corrected chi connectivity index (χ3v) is 8.31. The number of nitrogens with one attached hydrogen (secondary N) is 1. The summed E-state index contributed by atoms with van der Waals surface area (Å²) in [4.78, 5) is 30.3. The van der Waals surface area contributed by atoms with Crippen molar-refractivity contribution in [2.45, 2.75) is 44.7 Å². The van der Waals surface area contributed by atoms with Gasteiger partial charge in [-0.3, -0.25) is 14.5 Å². The predicted molar refractivity (Wildman–Crippen MR) is 163 cm³/mol. The molecule has 0 saturated heterocycles. The Morgan fingerprint density at radius 1 is 0.927 bits per heavy atom. The first-order valence-corrected chi connectivity index (χ1v) is 14.4. The first-order valence-electron chi connectivity index (χ1n) is 13.6. The van der Waals surface area contributed by atoms with E-state index in [4.69, 9.17) is 15.2 Å². The summed E-state index contributed by atoms with van der Waals surface area (Å²) in [6.45, 7) is 1.98. The second kappa shape index (κ2) is 12.4. The van der Waals surface area contributed by atoms with Crippen molar-refractivity contribution in [2.24, 2.45) is 0 Å². The van der Waals surface area contributed by atoms with Gasteiger partial charge in [0, 0.05) is 17.3 Å². The molecule has 1 heterocycles. The lowest BCUT2D eigenvalue weighted by atomic mass is 10.0. The first-order chi connectivity index (χ1) is 19.9. The van der Waals surface area contributed by atoms with Crippen LogP contribution in [0.4, 0.5) is 11.4 Å². The maximum absolute atomic E-state index is 14.5. The minimum atomic E-state index is -0.942. The van der Waals surface area contributed by atoms with Crippen molar-refractivity contribution < 1.29 is 19.1 Å². The van der Waals surface area contributed by atoms with E-state index in [9.17, 15) is 9.59 Å². The molecule has 1 atom stereocenters. The summed E-state index contributed by atoms with van der Waals surface area (Å²) in [6.07, 6.45) is 3.99. The van der Waals surface area contributed by atoms with Gasteiger partial charge in [0.2, 0.25) is 5.91 Å². The van der Waals surface area contributed by atoms with Crippen LogP contribution in [0.2, 0.25) is 0 Å². The van der Waals surface area contributed by atoms with Gasteiger partial charge in [-0.2, -0.15) is 4.37 Å². The van der Waals surface area contributed by atoms with Crippen LogP contribution < -0.4 is 25.4 Å². The molecule has 1 aliphatic rings. The van der Waals surface area contributed by atoms with E-state index >= 15 is 0 Å². The highest BCUT2D eigenvalue weighted by atomic mass is 32.1. The standard InChI is InChI=1S/C32H34N4O4S/c1-20-8-14-24(15-9-20)36(32(38)30-27(33)28(35-41-30)21-10-16-25(39-2)17-11-21)29(22-12-18-26(40-3)19-13-22)31(37)34-23-6-4-5-7-23/h8-19,23,29H,4-7,33H2,1-3H3,(H,34,37)/t29-/m0/s1. The number of nitrogen functional groups attached to an aromatic ring is 1. The second-order valence-corrected chi connectivity index (χ2v) is 11.0. The number of ether oxygens (including phenoxy) is 2. The number of rotatable bonds is 9. The second-order valence-electron chi connectivity index (χ2n) is 10.2. The van der Waals surface area contributed by atoms with E-state index in [1.165, 1.54) is 4.90 Å². The molecule has 2 amide bonds. The summed E-state index contributed by atoms with van der Waals surface area (Å²) in [5.74, 6) is 0.730. The number of nitrogens with two attached hydrogens (primary N) is 1. The molecule has 4 aromatic rings. The molecular formula is C32H34N4O4S. The average molecular weight is 571 g/mol. The molecule has 1 aliphatic carbocycles. The highest BCUT2D eigenvalue weighted by molar-refractivity contribution is 7.09. The highest BCUT2D eigenvalue weighted by Gasteiger charge is 2.36. The number of nitrogens with zero attached hydrogens (tertiary/aromatic N) is 2. The Morgan fingerprint density at radius 2 is 1.51 bits per heavy atom. The number of amides is 2. The van der Waals surface area contributed by atoms with Crippen molar-refractivity contribution in [3.8, 4) is 22.8 Å². The van der Waals surface area contributed by atoms with Crippen molar-refractivity contribution in [2.75, 3.05) is 24.9 Å². The van der Waals surface area contributed by atoms with Crippen LogP contribution in [0.15, 0.2) is 72.8 Å². The molecule has 212 valence electrons. The summed E-state index contributed by atoms with van der Waals surface area (Å²) in [5.41, 5.74) is 10.4. The number of hydrogen-bond acceptors (Lipinski definition) is 7. The minimum absolute atomic E-state index is 0.0772. The predicted octanol–water partition coefficient (Wildman–Crippen LogP) is 6.16. The van der Waals surface area contributed by atoms with Crippen molar-refractivity contribution in [3.05, 3.63) is 88.8 Å². The van der Waals surface area contributed by atoms with Crippen LogP contribution in [0.3, 0.4) is 0 Å². The van der Waals surface area contributed by atoms with Crippen LogP contribution in [0.1, 0.15) is 52.5 Å². The molecule has 9 heteroatoms. The molecule has 0 aliphatic heterocycles. The molecule has 5 rings (SSSR count). The molecule has 0 spiro atoms. The first kappa shape index (κ1) is 28.2. The summed E-state index contributed by atoms with van der Waals surface area (Å²) in [6, 6.07) is 21.3. The van der Waals surface area contributed by atoms with E-state index in [0.717, 1.165) is 48.3 Å². The number of anilines is 2. The lowest BCUT2D eigenvalue weighted by Gasteiger charge is -2.32. The van der Waals surface area contributed by atoms with Gasteiger partial charge in [0.05, 0.1) is 19.9 Å². The minimum Gasteiger partial charge on any atom is -0.497 e. The van der Waals surface area contributed by atoms with Gasteiger partial charge in [-0.25, -0.2) is 0 Å². The highest BCUT2D eigenvalue weighted by Crippen LogP contribution is 2.37. The number of aryl methyl sites for hydroxylation is 1. The number of hydrogen-bond donors (Lipinski definition) is 2. The molecule has 3 N–H and O–H groups in total. The molecule has 0 bridgehead atoms. The topological polar surface area (TPSA) is 107 Å². The van der Waals surface area contributed by atoms with Crippen molar-refractivity contribution in [3.63, 3.8) is 0 Å². The summed E-state index contributed by atoms with van der Waals surface area (Å²) >= 11 is 1.03. The Labute approximate surface area is 244 Å². The third kappa shape index (κ3) is 6.05. The Balaban J connectivity index is 1.59. The fourth-order valence-electron chi connectivity index (χ4n) is 5.16. The number of methoxy groups -OCH3 is 2. The lowest BCUT2D eigenvalue weighted by molar-refractivity contribution is -0.123. The Hall–Kier alpha value is -4.37. The summed E-state index contributed by atoms with van der Waals surface area (Å²) < 4.78 is 15.2. The van der Waals surface area contributed by atoms with Crippen LogP contribution in [-0.4, -0.2) is 36.4 Å². The van der Waals surface area contributed by atoms with E-state index in [1.807, 2.05) is 67.6 Å². The van der Waals surface area contributed by atoms with Crippen molar-refractivity contribution in [1.82, 2.24) is 9.69 Å². The smallest absolute Gasteiger partial charge is 0.273 e. The molecule has 0 unspecified atom stereocenters. The average Bonchev–Trinajstić information content (AvgIpc) is 3.65. The monoisotopic (exact) mass is 570 g/mol. The van der Waals surface area contributed by atoms with Gasteiger partial charge in [0.25, 0.3) is 5.91 Å². The van der Waals surface area contributed by atoms with E-state index in [-0.39, 0.29) is 22.5 Å². The zero-order chi connectivity index (χ0) is 28.9. The molecule has 41 heavy (non-hydrogen) atoms. The molecule has 1 aromatic heterocycles. The fraction of sp³-hybridized carbons (Fsp3) is 0.281. The zero-order valence-electron chi connectivity index (χ0n) is 23.4. The number of carbonyl (C=O) groups excluding carboxylic acids is 2. The van der Waals surface area contributed by atoms with Gasteiger partial charge < -0.3 is 20.5 Å². The maximum atomic E-state index is 14.5. The Bertz CT molecular complexity index is 1490. The fourth-order valence-corrected chi connectivity index (χ4v) is 5.92. The van der Waals surface area contributed by atoms with Crippen molar-refractivity contribution in [1.29, 1.82) is 0 Å². The molecule has 0 radical (unpaired) electrons. The quantitative estimate of drug-likeness (QED) is 0.249. The maximum Gasteiger partial charge on any atom is 0.273 e. The third-order valence-electron chi connectivity index (χ3n) is 7.46. The summed E-state index contributed by atoms with van der Waals surface area (Å²) in [5, 5.41) is 3.21. The SMILES string of the molecule is COc1ccc(-c2nsc(C(=O)N(c3ccc(C)cc3)[C@H](C(=O)NC3CCCC3)c3ccc(OC)cc3)c2N)cc1. The van der Waals surface area contributed by atoms with Crippen LogP contribution in [0.5, 0.6) is 11.5 Å². The molecular weight excluding hydrogens is 536 g/mol. The van der Waals surface area contributed by atoms with E-state index < -0.39 is 11.9 Å². The summed E-state index contributed by atoms with van der Waals surface area (Å²) in [7, 11) is 3.19. The van der Waals surface area contributed by atoms with Crippen LogP contribution in [-0.2, 0) is 4.79 Å². The van der Waals surface area contributed by atoms with E-state index in [2.05, 4.69) is 9.69 Å². The molecule has 1 saturated carbocycles. The van der Waals surface area contributed by atoms with Gasteiger partial charge in [0.1, 0.15) is 28.1 Å². The van der Waals surface area contributed by atoms with E-state index in [0.29, 0.717) is 28.4 Å². The van der Waals surface area contributed by atoms with Gasteiger partial charge in [-0.15, -0.1) is 0 Å². The van der Waals surface area contributed by atoms with Crippen LogP contribution in [0, 0.1) is 6.92 Å². The van der Waals surface area contributed by atoms with Crippen LogP contribution >= 0.6 is 11.5 Å². The van der Waals surface area contributed by atoms with E-state index in [1.54, 1.807) is 26.4 Å². The Kier molecular flexibility index (Phi) is 8.54. The normalized spacial score (nSPS) is 13.9. The number of aromatic nitrogens is 1. The molecule has 1 fully saturated rings. The molecule has 8 nitrogen and oxygen atoms in total.